The number of aromatic nitrogens is 4. The van der Waals surface area contributed by atoms with Gasteiger partial charge in [0.25, 0.3) is 0 Å². The molecule has 1 aliphatic rings. The summed E-state index contributed by atoms with van der Waals surface area (Å²) in [5.74, 6) is 0. The monoisotopic (exact) mass is 375 g/mol. The lowest BCUT2D eigenvalue weighted by Crippen LogP contribution is -2.28. The maximum atomic E-state index is 4.67. The van der Waals surface area contributed by atoms with Gasteiger partial charge in [-0.3, -0.25) is 9.88 Å². The molecule has 0 amide bonds. The Bertz CT molecular complexity index is 953. The molecule has 5 nitrogen and oxygen atoms in total. The first-order valence-electron chi connectivity index (χ1n) is 10.1. The molecule has 28 heavy (non-hydrogen) atoms. The summed E-state index contributed by atoms with van der Waals surface area (Å²) in [5.41, 5.74) is 6.01. The number of para-hydroxylation sites is 1. The molecule has 146 valence electrons. The second kappa shape index (κ2) is 7.47. The molecule has 2 aromatic heterocycles. The van der Waals surface area contributed by atoms with Crippen molar-refractivity contribution < 1.29 is 0 Å². The largest absolute Gasteiger partial charge is 0.292 e. The van der Waals surface area contributed by atoms with Gasteiger partial charge in [0.05, 0.1) is 29.3 Å². The first-order valence-corrected chi connectivity index (χ1v) is 10.1. The van der Waals surface area contributed by atoms with Gasteiger partial charge in [0.1, 0.15) is 0 Å². The molecular formula is C23H29N5. The fraction of sp³-hybridized carbons (Fsp3) is 0.435. The molecule has 1 atom stereocenters. The van der Waals surface area contributed by atoms with Gasteiger partial charge in [0.15, 0.2) is 0 Å². The third-order valence-electron chi connectivity index (χ3n) is 5.61. The molecule has 2 heterocycles. The summed E-state index contributed by atoms with van der Waals surface area (Å²) in [5, 5.41) is 8.88. The summed E-state index contributed by atoms with van der Waals surface area (Å²) >= 11 is 0. The minimum atomic E-state index is 0.0526. The topological polar surface area (TPSA) is 46.8 Å². The SMILES string of the molecule is CN(Cc1cn(-c2ccccc2C(C)(C)C)nn1)C1CCCc2cccnc21. The van der Waals surface area contributed by atoms with Crippen LogP contribution in [-0.4, -0.2) is 31.9 Å². The lowest BCUT2D eigenvalue weighted by Gasteiger charge is -2.31. The summed E-state index contributed by atoms with van der Waals surface area (Å²) < 4.78 is 1.91. The van der Waals surface area contributed by atoms with Gasteiger partial charge in [-0.15, -0.1) is 5.10 Å². The molecule has 1 aliphatic carbocycles. The van der Waals surface area contributed by atoms with Crippen LogP contribution in [-0.2, 0) is 18.4 Å². The van der Waals surface area contributed by atoms with Crippen molar-refractivity contribution in [3.8, 4) is 5.69 Å². The van der Waals surface area contributed by atoms with Gasteiger partial charge < -0.3 is 0 Å². The van der Waals surface area contributed by atoms with Gasteiger partial charge in [-0.25, -0.2) is 4.68 Å². The van der Waals surface area contributed by atoms with Crippen molar-refractivity contribution in [2.24, 2.45) is 0 Å². The number of nitrogens with zero attached hydrogens (tertiary/aromatic N) is 5. The molecule has 1 aromatic carbocycles. The second-order valence-electron chi connectivity index (χ2n) is 8.79. The molecule has 5 heteroatoms. The van der Waals surface area contributed by atoms with E-state index in [2.05, 4.69) is 84.5 Å². The van der Waals surface area contributed by atoms with Crippen molar-refractivity contribution in [1.29, 1.82) is 0 Å². The van der Waals surface area contributed by atoms with Crippen molar-refractivity contribution in [2.45, 2.75) is 58.0 Å². The van der Waals surface area contributed by atoms with Crippen LogP contribution in [0.15, 0.2) is 48.8 Å². The van der Waals surface area contributed by atoms with E-state index in [1.165, 1.54) is 23.2 Å². The zero-order chi connectivity index (χ0) is 19.7. The van der Waals surface area contributed by atoms with Crippen molar-refractivity contribution in [3.05, 3.63) is 71.3 Å². The summed E-state index contributed by atoms with van der Waals surface area (Å²) in [7, 11) is 2.16. The van der Waals surface area contributed by atoms with Crippen LogP contribution in [0.1, 0.15) is 62.2 Å². The highest BCUT2D eigenvalue weighted by Gasteiger charge is 2.25. The number of benzene rings is 1. The fourth-order valence-corrected chi connectivity index (χ4v) is 4.18. The Kier molecular flexibility index (Phi) is 5.02. The van der Waals surface area contributed by atoms with Gasteiger partial charge in [-0.2, -0.15) is 0 Å². The minimum absolute atomic E-state index is 0.0526. The molecule has 0 N–H and O–H groups in total. The molecular weight excluding hydrogens is 346 g/mol. The average Bonchev–Trinajstić information content (AvgIpc) is 3.15. The lowest BCUT2D eigenvalue weighted by molar-refractivity contribution is 0.206. The van der Waals surface area contributed by atoms with Gasteiger partial charge >= 0.3 is 0 Å². The fourth-order valence-electron chi connectivity index (χ4n) is 4.18. The van der Waals surface area contributed by atoms with Crippen LogP contribution in [0.4, 0.5) is 0 Å². The third kappa shape index (κ3) is 3.72. The predicted molar refractivity (Wildman–Crippen MR) is 111 cm³/mol. The number of fused-ring (bicyclic) bond motifs is 1. The van der Waals surface area contributed by atoms with Crippen LogP contribution in [0.3, 0.4) is 0 Å². The Hall–Kier alpha value is -2.53. The highest BCUT2D eigenvalue weighted by molar-refractivity contribution is 5.44. The van der Waals surface area contributed by atoms with E-state index in [-0.39, 0.29) is 5.41 Å². The summed E-state index contributed by atoms with van der Waals surface area (Å²) in [4.78, 5) is 7.03. The van der Waals surface area contributed by atoms with E-state index in [0.717, 1.165) is 30.8 Å². The van der Waals surface area contributed by atoms with Gasteiger partial charge in [0.2, 0.25) is 0 Å². The van der Waals surface area contributed by atoms with E-state index >= 15 is 0 Å². The molecule has 3 aromatic rings. The summed E-state index contributed by atoms with van der Waals surface area (Å²) in [6, 6.07) is 13.0. The molecule has 0 saturated heterocycles. The van der Waals surface area contributed by atoms with Crippen molar-refractivity contribution in [1.82, 2.24) is 24.9 Å². The Labute approximate surface area is 167 Å². The van der Waals surface area contributed by atoms with Crippen LogP contribution in [0, 0.1) is 0 Å². The molecule has 4 rings (SSSR count). The summed E-state index contributed by atoms with van der Waals surface area (Å²) in [6.45, 7) is 7.44. The van der Waals surface area contributed by atoms with Crippen LogP contribution in [0.2, 0.25) is 0 Å². The Balaban J connectivity index is 1.56. The predicted octanol–water partition coefficient (Wildman–Crippen LogP) is 4.47. The smallest absolute Gasteiger partial charge is 0.0971 e. The molecule has 0 spiro atoms. The number of hydrogen-bond acceptors (Lipinski definition) is 4. The highest BCUT2D eigenvalue weighted by atomic mass is 15.4. The maximum absolute atomic E-state index is 4.67. The van der Waals surface area contributed by atoms with E-state index in [1.807, 2.05) is 16.9 Å². The van der Waals surface area contributed by atoms with Crippen LogP contribution >= 0.6 is 0 Å². The van der Waals surface area contributed by atoms with Crippen molar-refractivity contribution in [3.63, 3.8) is 0 Å². The quantitative estimate of drug-likeness (QED) is 0.675. The zero-order valence-electron chi connectivity index (χ0n) is 17.3. The van der Waals surface area contributed by atoms with Crippen LogP contribution in [0.5, 0.6) is 0 Å². The zero-order valence-corrected chi connectivity index (χ0v) is 17.3. The Morgan fingerprint density at radius 2 is 1.96 bits per heavy atom. The highest BCUT2D eigenvalue weighted by Crippen LogP contribution is 2.33. The van der Waals surface area contributed by atoms with Gasteiger partial charge in [-0.05, 0) is 55.0 Å². The normalized spacial score (nSPS) is 17.0. The molecule has 1 unspecified atom stereocenters. The average molecular weight is 376 g/mol. The minimum Gasteiger partial charge on any atom is -0.292 e. The van der Waals surface area contributed by atoms with Crippen LogP contribution in [0.25, 0.3) is 5.69 Å². The Morgan fingerprint density at radius 1 is 1.14 bits per heavy atom. The first kappa shape index (κ1) is 18.8. The molecule has 0 saturated carbocycles. The maximum Gasteiger partial charge on any atom is 0.0971 e. The van der Waals surface area contributed by atoms with E-state index in [9.17, 15) is 0 Å². The van der Waals surface area contributed by atoms with E-state index in [4.69, 9.17) is 0 Å². The van der Waals surface area contributed by atoms with Crippen LogP contribution < -0.4 is 0 Å². The summed E-state index contributed by atoms with van der Waals surface area (Å²) in [6.07, 6.45) is 7.45. The lowest BCUT2D eigenvalue weighted by atomic mass is 9.86. The number of pyridine rings is 1. The van der Waals surface area contributed by atoms with Gasteiger partial charge in [-0.1, -0.05) is 50.3 Å². The van der Waals surface area contributed by atoms with Gasteiger partial charge in [0, 0.05) is 12.7 Å². The number of rotatable bonds is 4. The standard InChI is InChI=1S/C23H29N5/c1-23(2,3)19-11-5-6-12-20(19)28-16-18(25-26-28)15-27(4)21-13-7-9-17-10-8-14-24-22(17)21/h5-6,8,10-12,14,16,21H,7,9,13,15H2,1-4H3. The van der Waals surface area contributed by atoms with Crippen molar-refractivity contribution in [2.75, 3.05) is 7.05 Å². The number of hydrogen-bond donors (Lipinski definition) is 0. The Morgan fingerprint density at radius 3 is 2.79 bits per heavy atom. The van der Waals surface area contributed by atoms with E-state index < -0.39 is 0 Å². The van der Waals surface area contributed by atoms with Crippen molar-refractivity contribution >= 4 is 0 Å². The molecule has 0 bridgehead atoms. The van der Waals surface area contributed by atoms with E-state index in [0.29, 0.717) is 6.04 Å². The molecule has 0 aliphatic heterocycles. The second-order valence-corrected chi connectivity index (χ2v) is 8.79. The van der Waals surface area contributed by atoms with E-state index in [1.54, 1.807) is 0 Å². The third-order valence-corrected chi connectivity index (χ3v) is 5.61. The first-order chi connectivity index (χ1) is 13.4. The molecule has 0 fully saturated rings. The number of aryl methyl sites for hydroxylation is 1. The molecule has 0 radical (unpaired) electrons.